The van der Waals surface area contributed by atoms with Crippen molar-refractivity contribution in [1.82, 2.24) is 9.78 Å². The molecule has 0 fully saturated rings. The van der Waals surface area contributed by atoms with E-state index in [9.17, 15) is 4.39 Å². The quantitative estimate of drug-likeness (QED) is 0.547. The smallest absolute Gasteiger partial charge is 0.233 e. The maximum atomic E-state index is 13.8. The van der Waals surface area contributed by atoms with E-state index in [1.165, 1.54) is 6.07 Å². The highest BCUT2D eigenvalue weighted by Crippen LogP contribution is 2.37. The Morgan fingerprint density at radius 2 is 1.59 bits per heavy atom. The predicted molar refractivity (Wildman–Crippen MR) is 88.5 cm³/mol. The summed E-state index contributed by atoms with van der Waals surface area (Å²) < 4.78 is 12.9. The first-order valence-electron chi connectivity index (χ1n) is 6.44. The van der Waals surface area contributed by atoms with Gasteiger partial charge in [0, 0.05) is 10.6 Å². The first-order valence-corrected chi connectivity index (χ1v) is 7.57. The molecule has 3 rings (SSSR count). The Bertz CT molecular complexity index is 777. The highest BCUT2D eigenvalue weighted by molar-refractivity contribution is 6.46. The SMILES string of the molecule is FC(Cl)(Cl)c1cc(-c2ccc(Cl)cc2)n(-c2ccccc2)n1. The van der Waals surface area contributed by atoms with Crippen LogP contribution < -0.4 is 0 Å². The molecule has 0 amide bonds. The Labute approximate surface area is 142 Å². The number of nitrogens with zero attached hydrogens (tertiary/aromatic N) is 2. The van der Waals surface area contributed by atoms with Gasteiger partial charge in [0.2, 0.25) is 0 Å². The van der Waals surface area contributed by atoms with Crippen LogP contribution in [0.3, 0.4) is 0 Å². The zero-order valence-electron chi connectivity index (χ0n) is 11.2. The topological polar surface area (TPSA) is 17.8 Å². The van der Waals surface area contributed by atoms with Crippen molar-refractivity contribution in [1.29, 1.82) is 0 Å². The van der Waals surface area contributed by atoms with Crippen LogP contribution in [0.5, 0.6) is 0 Å². The second-order valence-electron chi connectivity index (χ2n) is 4.67. The first kappa shape index (κ1) is 15.3. The van der Waals surface area contributed by atoms with E-state index in [2.05, 4.69) is 5.10 Å². The van der Waals surface area contributed by atoms with Gasteiger partial charge < -0.3 is 0 Å². The number of rotatable bonds is 3. The van der Waals surface area contributed by atoms with E-state index < -0.39 is 4.59 Å². The van der Waals surface area contributed by atoms with E-state index in [1.54, 1.807) is 16.8 Å². The standard InChI is InChI=1S/C16H10Cl3FN2/c17-12-8-6-11(7-9-12)14-10-15(16(18,19)20)21-22(14)13-4-2-1-3-5-13/h1-10H. The lowest BCUT2D eigenvalue weighted by molar-refractivity contribution is 0.394. The Balaban J connectivity index is 2.19. The molecule has 22 heavy (non-hydrogen) atoms. The molecule has 0 aliphatic carbocycles. The fourth-order valence-electron chi connectivity index (χ4n) is 2.11. The van der Waals surface area contributed by atoms with E-state index in [-0.39, 0.29) is 5.69 Å². The minimum Gasteiger partial charge on any atom is -0.233 e. The first-order chi connectivity index (χ1) is 10.4. The van der Waals surface area contributed by atoms with Crippen LogP contribution in [-0.4, -0.2) is 9.78 Å². The number of benzene rings is 2. The van der Waals surface area contributed by atoms with Crippen molar-refractivity contribution in [3.8, 4) is 16.9 Å². The predicted octanol–water partition coefficient (Wildman–Crippen LogP) is 5.75. The van der Waals surface area contributed by atoms with Crippen LogP contribution >= 0.6 is 34.8 Å². The molecule has 0 saturated carbocycles. The van der Waals surface area contributed by atoms with Gasteiger partial charge in [-0.2, -0.15) is 5.10 Å². The Hall–Kier alpha value is -1.55. The molecular formula is C16H10Cl3FN2. The van der Waals surface area contributed by atoms with Crippen molar-refractivity contribution in [2.24, 2.45) is 0 Å². The lowest BCUT2D eigenvalue weighted by atomic mass is 10.1. The number of para-hydroxylation sites is 1. The fourth-order valence-corrected chi connectivity index (χ4v) is 2.42. The summed E-state index contributed by atoms with van der Waals surface area (Å²) in [6.45, 7) is 0. The van der Waals surface area contributed by atoms with E-state index in [0.29, 0.717) is 10.7 Å². The maximum Gasteiger partial charge on any atom is 0.301 e. The normalized spacial score (nSPS) is 11.6. The molecule has 2 aromatic carbocycles. The van der Waals surface area contributed by atoms with Gasteiger partial charge in [-0.1, -0.05) is 65.1 Å². The molecular weight excluding hydrogens is 346 g/mol. The van der Waals surface area contributed by atoms with E-state index in [0.717, 1.165) is 11.3 Å². The molecule has 0 atom stereocenters. The van der Waals surface area contributed by atoms with Crippen LogP contribution in [0.2, 0.25) is 5.02 Å². The number of hydrogen-bond donors (Lipinski definition) is 0. The van der Waals surface area contributed by atoms with Crippen LogP contribution in [0, 0.1) is 0 Å². The van der Waals surface area contributed by atoms with Gasteiger partial charge in [-0.05, 0) is 30.3 Å². The van der Waals surface area contributed by atoms with Crippen molar-refractivity contribution < 1.29 is 4.39 Å². The molecule has 0 saturated heterocycles. The summed E-state index contributed by atoms with van der Waals surface area (Å²) in [7, 11) is 0. The lowest BCUT2D eigenvalue weighted by Crippen LogP contribution is -2.05. The summed E-state index contributed by atoms with van der Waals surface area (Å²) in [5.74, 6) is 0. The van der Waals surface area contributed by atoms with E-state index >= 15 is 0 Å². The third-order valence-corrected chi connectivity index (χ3v) is 3.78. The zero-order valence-corrected chi connectivity index (χ0v) is 13.4. The van der Waals surface area contributed by atoms with Crippen molar-refractivity contribution in [3.63, 3.8) is 0 Å². The van der Waals surface area contributed by atoms with Gasteiger partial charge in [0.1, 0.15) is 5.69 Å². The highest BCUT2D eigenvalue weighted by Gasteiger charge is 2.30. The van der Waals surface area contributed by atoms with Crippen LogP contribution in [0.4, 0.5) is 4.39 Å². The number of aromatic nitrogens is 2. The van der Waals surface area contributed by atoms with Crippen LogP contribution in [0.25, 0.3) is 16.9 Å². The van der Waals surface area contributed by atoms with E-state index in [1.807, 2.05) is 42.5 Å². The van der Waals surface area contributed by atoms with Crippen LogP contribution in [0.15, 0.2) is 60.7 Å². The zero-order chi connectivity index (χ0) is 15.7. The molecule has 1 heterocycles. The molecule has 0 bridgehead atoms. The second kappa shape index (κ2) is 5.92. The third-order valence-electron chi connectivity index (χ3n) is 3.14. The molecule has 0 radical (unpaired) electrons. The minimum absolute atomic E-state index is 0.0652. The molecule has 1 aromatic heterocycles. The molecule has 2 nitrogen and oxygen atoms in total. The molecule has 0 N–H and O–H groups in total. The fraction of sp³-hybridized carbons (Fsp3) is 0.0625. The van der Waals surface area contributed by atoms with Crippen molar-refractivity contribution in [2.75, 3.05) is 0 Å². The van der Waals surface area contributed by atoms with Crippen molar-refractivity contribution in [2.45, 2.75) is 4.59 Å². The molecule has 3 aromatic rings. The Morgan fingerprint density at radius 1 is 0.955 bits per heavy atom. The minimum atomic E-state index is -2.55. The summed E-state index contributed by atoms with van der Waals surface area (Å²) in [6, 6.07) is 18.0. The van der Waals surface area contributed by atoms with Gasteiger partial charge in [-0.25, -0.2) is 9.07 Å². The van der Waals surface area contributed by atoms with Crippen LogP contribution in [0.1, 0.15) is 5.69 Å². The summed E-state index contributed by atoms with van der Waals surface area (Å²) in [6.07, 6.45) is 0. The highest BCUT2D eigenvalue weighted by atomic mass is 35.5. The largest absolute Gasteiger partial charge is 0.301 e. The van der Waals surface area contributed by atoms with Gasteiger partial charge >= 0.3 is 4.59 Å². The lowest BCUT2D eigenvalue weighted by Gasteiger charge is -2.07. The second-order valence-corrected chi connectivity index (χ2v) is 6.34. The van der Waals surface area contributed by atoms with Crippen molar-refractivity contribution in [3.05, 3.63) is 71.4 Å². The molecule has 0 spiro atoms. The van der Waals surface area contributed by atoms with Gasteiger partial charge in [0.25, 0.3) is 0 Å². The summed E-state index contributed by atoms with van der Waals surface area (Å²) in [4.78, 5) is 0. The molecule has 0 aliphatic heterocycles. The maximum absolute atomic E-state index is 13.8. The molecule has 6 heteroatoms. The number of hydrogen-bond acceptors (Lipinski definition) is 1. The average Bonchev–Trinajstić information content (AvgIpc) is 2.94. The summed E-state index contributed by atoms with van der Waals surface area (Å²) in [5.41, 5.74) is 2.20. The van der Waals surface area contributed by atoms with Gasteiger partial charge in [-0.15, -0.1) is 0 Å². The van der Waals surface area contributed by atoms with E-state index in [4.69, 9.17) is 34.8 Å². The van der Waals surface area contributed by atoms with Gasteiger partial charge in [0.05, 0.1) is 11.4 Å². The third kappa shape index (κ3) is 3.12. The van der Waals surface area contributed by atoms with Crippen molar-refractivity contribution >= 4 is 34.8 Å². The number of halogens is 4. The monoisotopic (exact) mass is 354 g/mol. The van der Waals surface area contributed by atoms with Gasteiger partial charge in [-0.3, -0.25) is 0 Å². The molecule has 0 unspecified atom stereocenters. The molecule has 0 aliphatic rings. The summed E-state index contributed by atoms with van der Waals surface area (Å²) >= 11 is 17.0. The molecule has 112 valence electrons. The van der Waals surface area contributed by atoms with Gasteiger partial charge in [0.15, 0.2) is 0 Å². The Morgan fingerprint density at radius 3 is 2.18 bits per heavy atom. The summed E-state index contributed by atoms with van der Waals surface area (Å²) in [5, 5.41) is 4.81. The number of alkyl halides is 3. The Kier molecular flexibility index (Phi) is 4.13. The van der Waals surface area contributed by atoms with Crippen LogP contribution in [-0.2, 0) is 4.59 Å². The average molecular weight is 356 g/mol.